The van der Waals surface area contributed by atoms with Gasteiger partial charge in [0.05, 0.1) is 0 Å². The second kappa shape index (κ2) is 6.62. The first-order chi connectivity index (χ1) is 6.86. The Labute approximate surface area is 85.9 Å². The highest BCUT2D eigenvalue weighted by Crippen LogP contribution is 2.02. The van der Waals surface area contributed by atoms with Crippen molar-refractivity contribution in [3.8, 4) is 0 Å². The fraction of sp³-hybridized carbons (Fsp3) is 0.636. The first kappa shape index (κ1) is 11.3. The van der Waals surface area contributed by atoms with Gasteiger partial charge in [0.1, 0.15) is 0 Å². The summed E-state index contributed by atoms with van der Waals surface area (Å²) in [6, 6.07) is 2.13. The number of rotatable bonds is 7. The third-order valence-electron chi connectivity index (χ3n) is 2.15. The van der Waals surface area contributed by atoms with Crippen LogP contribution in [0.5, 0.6) is 0 Å². The van der Waals surface area contributed by atoms with Crippen molar-refractivity contribution in [1.82, 2.24) is 4.57 Å². The molecule has 0 spiro atoms. The van der Waals surface area contributed by atoms with Gasteiger partial charge in [-0.15, -0.1) is 0 Å². The Morgan fingerprint density at radius 2 is 2.36 bits per heavy atom. The summed E-state index contributed by atoms with van der Waals surface area (Å²) in [4.78, 5) is 0. The van der Waals surface area contributed by atoms with Gasteiger partial charge in [-0.1, -0.05) is 0 Å². The molecule has 0 saturated carbocycles. The molecule has 2 N–H and O–H groups in total. The van der Waals surface area contributed by atoms with Crippen molar-refractivity contribution < 1.29 is 4.74 Å². The van der Waals surface area contributed by atoms with Crippen molar-refractivity contribution in [3.63, 3.8) is 0 Å². The van der Waals surface area contributed by atoms with Crippen LogP contribution in [0.2, 0.25) is 0 Å². The van der Waals surface area contributed by atoms with E-state index in [1.807, 2.05) is 6.92 Å². The van der Waals surface area contributed by atoms with Crippen molar-refractivity contribution in [1.29, 1.82) is 0 Å². The van der Waals surface area contributed by atoms with Gasteiger partial charge in [0.25, 0.3) is 0 Å². The van der Waals surface area contributed by atoms with Gasteiger partial charge in [0.15, 0.2) is 0 Å². The SMILES string of the molecule is CCOCCCn1ccc(CCN)c1. The van der Waals surface area contributed by atoms with E-state index in [2.05, 4.69) is 23.0 Å². The zero-order valence-electron chi connectivity index (χ0n) is 8.91. The van der Waals surface area contributed by atoms with Crippen LogP contribution in [0, 0.1) is 0 Å². The van der Waals surface area contributed by atoms with E-state index in [0.717, 1.165) is 39.1 Å². The van der Waals surface area contributed by atoms with Crippen molar-refractivity contribution in [2.75, 3.05) is 19.8 Å². The number of nitrogens with two attached hydrogens (primary N) is 1. The normalized spacial score (nSPS) is 10.7. The highest BCUT2D eigenvalue weighted by Gasteiger charge is 1.95. The van der Waals surface area contributed by atoms with Crippen LogP contribution < -0.4 is 5.73 Å². The highest BCUT2D eigenvalue weighted by molar-refractivity contribution is 5.10. The van der Waals surface area contributed by atoms with Crippen LogP contribution >= 0.6 is 0 Å². The highest BCUT2D eigenvalue weighted by atomic mass is 16.5. The predicted octanol–water partition coefficient (Wildman–Crippen LogP) is 1.42. The Bertz CT molecular complexity index is 245. The van der Waals surface area contributed by atoms with Gasteiger partial charge in [0, 0.05) is 32.2 Å². The van der Waals surface area contributed by atoms with Crippen LogP contribution in [0.4, 0.5) is 0 Å². The summed E-state index contributed by atoms with van der Waals surface area (Å²) >= 11 is 0. The summed E-state index contributed by atoms with van der Waals surface area (Å²) in [5.74, 6) is 0. The average molecular weight is 196 g/mol. The summed E-state index contributed by atoms with van der Waals surface area (Å²) in [6.07, 6.45) is 6.32. The smallest absolute Gasteiger partial charge is 0.0482 e. The topological polar surface area (TPSA) is 40.2 Å². The molecule has 0 aliphatic rings. The summed E-state index contributed by atoms with van der Waals surface area (Å²) < 4.78 is 7.47. The second-order valence-electron chi connectivity index (χ2n) is 3.35. The first-order valence-electron chi connectivity index (χ1n) is 5.29. The van der Waals surface area contributed by atoms with Gasteiger partial charge in [-0.2, -0.15) is 0 Å². The molecule has 80 valence electrons. The van der Waals surface area contributed by atoms with E-state index in [1.54, 1.807) is 0 Å². The zero-order valence-corrected chi connectivity index (χ0v) is 8.91. The Morgan fingerprint density at radius 3 is 3.07 bits per heavy atom. The molecule has 0 atom stereocenters. The fourth-order valence-electron chi connectivity index (χ4n) is 1.44. The molecule has 0 unspecified atom stereocenters. The lowest BCUT2D eigenvalue weighted by atomic mass is 10.2. The summed E-state index contributed by atoms with van der Waals surface area (Å²) in [7, 11) is 0. The van der Waals surface area contributed by atoms with Gasteiger partial charge < -0.3 is 15.0 Å². The molecule has 0 fully saturated rings. The quantitative estimate of drug-likeness (QED) is 0.670. The van der Waals surface area contributed by atoms with Crippen molar-refractivity contribution in [2.24, 2.45) is 5.73 Å². The number of hydrogen-bond donors (Lipinski definition) is 1. The largest absolute Gasteiger partial charge is 0.382 e. The summed E-state index contributed by atoms with van der Waals surface area (Å²) in [6.45, 7) is 5.44. The maximum atomic E-state index is 5.48. The second-order valence-corrected chi connectivity index (χ2v) is 3.35. The van der Waals surface area contributed by atoms with E-state index in [-0.39, 0.29) is 0 Å². The molecule has 1 heterocycles. The lowest BCUT2D eigenvalue weighted by Gasteiger charge is -2.02. The molecule has 0 amide bonds. The average Bonchev–Trinajstić information content (AvgIpc) is 2.61. The van der Waals surface area contributed by atoms with Crippen LogP contribution in [-0.4, -0.2) is 24.3 Å². The Morgan fingerprint density at radius 1 is 1.50 bits per heavy atom. The van der Waals surface area contributed by atoms with E-state index in [0.29, 0.717) is 0 Å². The van der Waals surface area contributed by atoms with Gasteiger partial charge >= 0.3 is 0 Å². The molecule has 3 nitrogen and oxygen atoms in total. The van der Waals surface area contributed by atoms with E-state index in [4.69, 9.17) is 10.5 Å². The van der Waals surface area contributed by atoms with Gasteiger partial charge in [-0.25, -0.2) is 0 Å². The first-order valence-corrected chi connectivity index (χ1v) is 5.29. The van der Waals surface area contributed by atoms with Crippen molar-refractivity contribution in [2.45, 2.75) is 26.3 Å². The summed E-state index contributed by atoms with van der Waals surface area (Å²) in [5.41, 5.74) is 6.80. The minimum atomic E-state index is 0.725. The Hall–Kier alpha value is -0.800. The fourth-order valence-corrected chi connectivity index (χ4v) is 1.44. The number of nitrogens with zero attached hydrogens (tertiary/aromatic N) is 1. The van der Waals surface area contributed by atoms with Crippen molar-refractivity contribution in [3.05, 3.63) is 24.0 Å². The van der Waals surface area contributed by atoms with Gasteiger partial charge in [-0.3, -0.25) is 0 Å². The molecule has 1 aromatic rings. The number of ether oxygens (including phenoxy) is 1. The molecule has 1 aromatic heterocycles. The molecule has 1 rings (SSSR count). The van der Waals surface area contributed by atoms with Crippen LogP contribution in [0.3, 0.4) is 0 Å². The molecule has 0 aliphatic carbocycles. The molecular formula is C11H20N2O. The van der Waals surface area contributed by atoms with Crippen LogP contribution in [0.25, 0.3) is 0 Å². The van der Waals surface area contributed by atoms with E-state index < -0.39 is 0 Å². The zero-order chi connectivity index (χ0) is 10.2. The standard InChI is InChI=1S/C11H20N2O/c1-2-14-9-3-7-13-8-5-11(10-13)4-6-12/h5,8,10H,2-4,6-7,9,12H2,1H3. The summed E-state index contributed by atoms with van der Waals surface area (Å²) in [5, 5.41) is 0. The molecule has 0 aliphatic heterocycles. The van der Waals surface area contributed by atoms with Gasteiger partial charge in [0.2, 0.25) is 0 Å². The van der Waals surface area contributed by atoms with E-state index >= 15 is 0 Å². The third-order valence-corrected chi connectivity index (χ3v) is 2.15. The Kier molecular flexibility index (Phi) is 5.33. The maximum absolute atomic E-state index is 5.48. The minimum absolute atomic E-state index is 0.725. The molecule has 14 heavy (non-hydrogen) atoms. The minimum Gasteiger partial charge on any atom is -0.382 e. The number of hydrogen-bond acceptors (Lipinski definition) is 2. The molecule has 0 aromatic carbocycles. The monoisotopic (exact) mass is 196 g/mol. The molecule has 0 bridgehead atoms. The van der Waals surface area contributed by atoms with Crippen LogP contribution in [-0.2, 0) is 17.7 Å². The molecule has 3 heteroatoms. The van der Waals surface area contributed by atoms with E-state index in [9.17, 15) is 0 Å². The van der Waals surface area contributed by atoms with Crippen LogP contribution in [0.15, 0.2) is 18.5 Å². The lowest BCUT2D eigenvalue weighted by molar-refractivity contribution is 0.141. The third kappa shape index (κ3) is 3.94. The maximum Gasteiger partial charge on any atom is 0.0482 e. The van der Waals surface area contributed by atoms with E-state index in [1.165, 1.54) is 5.56 Å². The molecule has 0 saturated heterocycles. The number of aryl methyl sites for hydroxylation is 1. The van der Waals surface area contributed by atoms with Crippen molar-refractivity contribution >= 4 is 0 Å². The Balaban J connectivity index is 2.22. The molecular weight excluding hydrogens is 176 g/mol. The predicted molar refractivity (Wildman–Crippen MR) is 58.3 cm³/mol. The van der Waals surface area contributed by atoms with Gasteiger partial charge in [-0.05, 0) is 37.9 Å². The van der Waals surface area contributed by atoms with Crippen LogP contribution in [0.1, 0.15) is 18.9 Å². The number of aromatic nitrogens is 1. The molecule has 0 radical (unpaired) electrons. The lowest BCUT2D eigenvalue weighted by Crippen LogP contribution is -2.02.